The largest absolute Gasteiger partial charge is 0.348 e. The number of benzene rings is 1. The van der Waals surface area contributed by atoms with Crippen molar-refractivity contribution in [1.29, 1.82) is 0 Å². The second-order valence-electron chi connectivity index (χ2n) is 4.61. The van der Waals surface area contributed by atoms with Crippen molar-refractivity contribution >= 4 is 46.0 Å². The summed E-state index contributed by atoms with van der Waals surface area (Å²) in [6.07, 6.45) is 1.17. The lowest BCUT2D eigenvalue weighted by atomic mass is 10.1. The number of likely N-dealkylation sites (tertiary alicyclic amines) is 1. The van der Waals surface area contributed by atoms with Gasteiger partial charge in [-0.25, -0.2) is 0 Å². The zero-order chi connectivity index (χ0) is 14.0. The van der Waals surface area contributed by atoms with Gasteiger partial charge in [0.25, 0.3) is 5.91 Å². The van der Waals surface area contributed by atoms with Crippen LogP contribution in [0.2, 0.25) is 5.02 Å². The Morgan fingerprint density at radius 2 is 2.26 bits per heavy atom. The van der Waals surface area contributed by atoms with Crippen molar-refractivity contribution in [2.24, 2.45) is 0 Å². The summed E-state index contributed by atoms with van der Waals surface area (Å²) in [4.78, 5) is 25.1. The van der Waals surface area contributed by atoms with Crippen LogP contribution in [0.1, 0.15) is 23.2 Å². The number of likely N-dealkylation sites (N-methyl/N-ethyl adjacent to an activating group) is 1. The molecule has 102 valence electrons. The van der Waals surface area contributed by atoms with Crippen LogP contribution in [-0.2, 0) is 4.79 Å². The third kappa shape index (κ3) is 3.60. The van der Waals surface area contributed by atoms with Crippen LogP contribution in [0.4, 0.5) is 0 Å². The summed E-state index contributed by atoms with van der Waals surface area (Å²) >= 11 is 8.12. The fourth-order valence-electron chi connectivity index (χ4n) is 2.04. The predicted octanol–water partition coefficient (Wildman–Crippen LogP) is 2.30. The number of carbonyl (C=O) groups is 2. The molecule has 1 fully saturated rings. The lowest BCUT2D eigenvalue weighted by molar-refractivity contribution is -0.132. The maximum absolute atomic E-state index is 12.1. The van der Waals surface area contributed by atoms with Crippen LogP contribution in [0.5, 0.6) is 0 Å². The van der Waals surface area contributed by atoms with Crippen molar-refractivity contribution < 1.29 is 9.59 Å². The lowest BCUT2D eigenvalue weighted by Crippen LogP contribution is -2.48. The third-order valence-corrected chi connectivity index (χ3v) is 4.72. The molecule has 1 saturated heterocycles. The van der Waals surface area contributed by atoms with E-state index in [-0.39, 0.29) is 17.9 Å². The summed E-state index contributed by atoms with van der Waals surface area (Å²) < 4.78 is 0.916. The molecule has 19 heavy (non-hydrogen) atoms. The molecule has 1 aromatic rings. The minimum absolute atomic E-state index is 0.00764. The Morgan fingerprint density at radius 1 is 1.53 bits per heavy atom. The van der Waals surface area contributed by atoms with Crippen LogP contribution >= 0.6 is 34.2 Å². The summed E-state index contributed by atoms with van der Waals surface area (Å²) in [5, 5.41) is 3.51. The molecule has 1 atom stereocenters. The predicted molar refractivity (Wildman–Crippen MR) is 82.3 cm³/mol. The molecule has 0 aliphatic carbocycles. The smallest absolute Gasteiger partial charge is 0.251 e. The standard InChI is InChI=1S/C13H14ClIN2O2/c1-17-7-9(3-5-12(17)18)16-13(19)8-2-4-11(15)10(14)6-8/h2,4,6,9H,3,5,7H2,1H3,(H,16,19). The van der Waals surface area contributed by atoms with E-state index in [1.54, 1.807) is 24.1 Å². The monoisotopic (exact) mass is 392 g/mol. The molecule has 1 aliphatic rings. The topological polar surface area (TPSA) is 49.4 Å². The number of nitrogens with zero attached hydrogens (tertiary/aromatic N) is 1. The Hall–Kier alpha value is -0.820. The van der Waals surface area contributed by atoms with Gasteiger partial charge in [-0.2, -0.15) is 0 Å². The van der Waals surface area contributed by atoms with E-state index < -0.39 is 0 Å². The number of rotatable bonds is 2. The maximum atomic E-state index is 12.1. The molecule has 1 aromatic carbocycles. The molecule has 1 N–H and O–H groups in total. The van der Waals surface area contributed by atoms with Crippen LogP contribution in [0, 0.1) is 3.57 Å². The van der Waals surface area contributed by atoms with Crippen LogP contribution in [-0.4, -0.2) is 36.3 Å². The average molecular weight is 393 g/mol. The quantitative estimate of drug-likeness (QED) is 0.785. The molecular formula is C13H14ClIN2O2. The molecule has 4 nitrogen and oxygen atoms in total. The van der Waals surface area contributed by atoms with E-state index in [2.05, 4.69) is 27.9 Å². The van der Waals surface area contributed by atoms with E-state index in [0.717, 1.165) is 3.57 Å². The number of nitrogens with one attached hydrogen (secondary N) is 1. The van der Waals surface area contributed by atoms with Gasteiger partial charge in [0.1, 0.15) is 0 Å². The first-order valence-corrected chi connectivity index (χ1v) is 7.43. The molecule has 0 spiro atoms. The van der Waals surface area contributed by atoms with Gasteiger partial charge in [0, 0.05) is 35.2 Å². The first-order valence-electron chi connectivity index (χ1n) is 5.97. The first-order chi connectivity index (χ1) is 8.97. The van der Waals surface area contributed by atoms with Crippen molar-refractivity contribution in [3.05, 3.63) is 32.4 Å². The number of piperidine rings is 1. The highest BCUT2D eigenvalue weighted by molar-refractivity contribution is 14.1. The van der Waals surface area contributed by atoms with Crippen LogP contribution < -0.4 is 5.32 Å². The summed E-state index contributed by atoms with van der Waals surface area (Å²) in [5.74, 6) is -0.0196. The number of hydrogen-bond donors (Lipinski definition) is 1. The number of hydrogen-bond acceptors (Lipinski definition) is 2. The fraction of sp³-hybridized carbons (Fsp3) is 0.385. The number of carbonyl (C=O) groups excluding carboxylic acids is 2. The van der Waals surface area contributed by atoms with Gasteiger partial charge in [-0.15, -0.1) is 0 Å². The molecule has 2 rings (SSSR count). The van der Waals surface area contributed by atoms with Gasteiger partial charge >= 0.3 is 0 Å². The first kappa shape index (κ1) is 14.6. The highest BCUT2D eigenvalue weighted by Gasteiger charge is 2.24. The summed E-state index contributed by atoms with van der Waals surface area (Å²) in [6, 6.07) is 5.24. The van der Waals surface area contributed by atoms with E-state index in [4.69, 9.17) is 11.6 Å². The molecule has 2 amide bonds. The highest BCUT2D eigenvalue weighted by Crippen LogP contribution is 2.20. The average Bonchev–Trinajstić information content (AvgIpc) is 2.37. The number of halogens is 2. The van der Waals surface area contributed by atoms with Gasteiger partial charge < -0.3 is 10.2 Å². The zero-order valence-corrected chi connectivity index (χ0v) is 13.4. The molecule has 0 aromatic heterocycles. The molecular weight excluding hydrogens is 379 g/mol. The van der Waals surface area contributed by atoms with Gasteiger partial charge in [0.15, 0.2) is 0 Å². The Bertz CT molecular complexity index is 521. The normalized spacial score (nSPS) is 19.4. The number of amides is 2. The van der Waals surface area contributed by atoms with Gasteiger partial charge in [-0.1, -0.05) is 11.6 Å². The lowest BCUT2D eigenvalue weighted by Gasteiger charge is -2.30. The van der Waals surface area contributed by atoms with E-state index in [1.807, 2.05) is 6.07 Å². The third-order valence-electron chi connectivity index (χ3n) is 3.14. The Morgan fingerprint density at radius 3 is 2.89 bits per heavy atom. The van der Waals surface area contributed by atoms with Gasteiger partial charge in [-0.3, -0.25) is 9.59 Å². The van der Waals surface area contributed by atoms with Crippen molar-refractivity contribution in [2.45, 2.75) is 18.9 Å². The van der Waals surface area contributed by atoms with Crippen LogP contribution in [0.3, 0.4) is 0 Å². The van der Waals surface area contributed by atoms with Crippen LogP contribution in [0.25, 0.3) is 0 Å². The van der Waals surface area contributed by atoms with Crippen molar-refractivity contribution in [2.75, 3.05) is 13.6 Å². The summed E-state index contributed by atoms with van der Waals surface area (Å²) in [6.45, 7) is 0.558. The van der Waals surface area contributed by atoms with E-state index >= 15 is 0 Å². The SMILES string of the molecule is CN1CC(NC(=O)c2ccc(I)c(Cl)c2)CCC1=O. The Balaban J connectivity index is 2.01. The van der Waals surface area contributed by atoms with E-state index in [1.165, 1.54) is 0 Å². The second kappa shape index (κ2) is 6.09. The highest BCUT2D eigenvalue weighted by atomic mass is 127. The second-order valence-corrected chi connectivity index (χ2v) is 6.18. The Labute approximate surface area is 130 Å². The molecule has 1 aliphatic heterocycles. The van der Waals surface area contributed by atoms with Crippen molar-refractivity contribution in [1.82, 2.24) is 10.2 Å². The molecule has 1 unspecified atom stereocenters. The molecule has 1 heterocycles. The Kier molecular flexibility index (Phi) is 4.67. The van der Waals surface area contributed by atoms with Crippen molar-refractivity contribution in [3.8, 4) is 0 Å². The minimum Gasteiger partial charge on any atom is -0.348 e. The van der Waals surface area contributed by atoms with E-state index in [9.17, 15) is 9.59 Å². The zero-order valence-electron chi connectivity index (χ0n) is 10.5. The molecule has 0 saturated carbocycles. The summed E-state index contributed by atoms with van der Waals surface area (Å²) in [7, 11) is 1.75. The minimum atomic E-state index is -0.147. The van der Waals surface area contributed by atoms with Gasteiger partial charge in [-0.05, 0) is 47.2 Å². The molecule has 0 bridgehead atoms. The molecule has 0 radical (unpaired) electrons. The molecule has 6 heteroatoms. The van der Waals surface area contributed by atoms with Gasteiger partial charge in [0.05, 0.1) is 5.02 Å². The van der Waals surface area contributed by atoms with Crippen molar-refractivity contribution in [3.63, 3.8) is 0 Å². The maximum Gasteiger partial charge on any atom is 0.251 e. The van der Waals surface area contributed by atoms with Crippen LogP contribution in [0.15, 0.2) is 18.2 Å². The fourth-order valence-corrected chi connectivity index (χ4v) is 2.55. The van der Waals surface area contributed by atoms with Gasteiger partial charge in [0.2, 0.25) is 5.91 Å². The summed E-state index contributed by atoms with van der Waals surface area (Å²) in [5.41, 5.74) is 0.546. The van der Waals surface area contributed by atoms with E-state index in [0.29, 0.717) is 30.0 Å².